The Morgan fingerprint density at radius 2 is 1.82 bits per heavy atom. The molecule has 0 aliphatic carbocycles. The zero-order valence-corrected chi connectivity index (χ0v) is 11.8. The Balaban J connectivity index is 2.01. The van der Waals surface area contributed by atoms with Gasteiger partial charge in [-0.05, 0) is 31.0 Å². The molecule has 0 bridgehead atoms. The van der Waals surface area contributed by atoms with Gasteiger partial charge in [0.05, 0.1) is 11.0 Å². The van der Waals surface area contributed by atoms with Crippen LogP contribution >= 0.6 is 0 Å². The summed E-state index contributed by atoms with van der Waals surface area (Å²) in [6.07, 6.45) is 1.08. The van der Waals surface area contributed by atoms with Crippen molar-refractivity contribution in [2.45, 2.75) is 12.5 Å². The molecule has 2 aromatic carbocycles. The van der Waals surface area contributed by atoms with Gasteiger partial charge in [-0.15, -0.1) is 0 Å². The van der Waals surface area contributed by atoms with Crippen molar-refractivity contribution in [3.63, 3.8) is 0 Å². The second kappa shape index (κ2) is 7.21. The Morgan fingerprint density at radius 1 is 1.18 bits per heavy atom. The molecule has 0 heterocycles. The van der Waals surface area contributed by atoms with Crippen molar-refractivity contribution in [1.82, 2.24) is 5.06 Å². The molecule has 0 aromatic heterocycles. The fourth-order valence-corrected chi connectivity index (χ4v) is 1.91. The van der Waals surface area contributed by atoms with E-state index >= 15 is 0 Å². The number of nitro groups is 1. The van der Waals surface area contributed by atoms with Crippen molar-refractivity contribution in [3.05, 3.63) is 77.2 Å². The normalized spacial score (nSPS) is 11.5. The summed E-state index contributed by atoms with van der Waals surface area (Å²) < 4.78 is 0. The fraction of sp³-hybridized carbons (Fsp3) is 0.125. The molecular weight excluding hydrogens is 284 g/mol. The van der Waals surface area contributed by atoms with E-state index in [0.29, 0.717) is 18.6 Å². The van der Waals surface area contributed by atoms with E-state index in [1.54, 1.807) is 0 Å². The van der Waals surface area contributed by atoms with Crippen molar-refractivity contribution < 1.29 is 14.6 Å². The summed E-state index contributed by atoms with van der Waals surface area (Å²) in [5.74, 6) is 0.333. The van der Waals surface area contributed by atoms with Crippen LogP contribution in [0.2, 0.25) is 0 Å². The molecule has 0 saturated heterocycles. The van der Waals surface area contributed by atoms with Crippen LogP contribution in [-0.4, -0.2) is 22.4 Å². The number of hydrogen-bond donors (Lipinski definition) is 0. The Labute approximate surface area is 128 Å². The maximum absolute atomic E-state index is 11.2. The van der Waals surface area contributed by atoms with E-state index in [-0.39, 0.29) is 5.69 Å². The number of carbonyl (C=O) groups excluding carboxylic acids is 1. The SMILES string of the molecule is [CH2][C@@H](Cc1ccccc1)N(C=O)Oc1ccc([N+](=O)[O-])cc1. The lowest BCUT2D eigenvalue weighted by Gasteiger charge is -2.24. The van der Waals surface area contributed by atoms with Crippen LogP contribution in [0.15, 0.2) is 54.6 Å². The lowest BCUT2D eigenvalue weighted by atomic mass is 10.1. The van der Waals surface area contributed by atoms with E-state index < -0.39 is 11.0 Å². The van der Waals surface area contributed by atoms with E-state index in [1.807, 2.05) is 30.3 Å². The third kappa shape index (κ3) is 4.05. The molecule has 1 radical (unpaired) electrons. The first-order valence-electron chi connectivity index (χ1n) is 6.63. The monoisotopic (exact) mass is 299 g/mol. The molecule has 1 amide bonds. The quantitative estimate of drug-likeness (QED) is 0.447. The minimum atomic E-state index is -0.499. The van der Waals surface area contributed by atoms with Gasteiger partial charge in [-0.3, -0.25) is 14.9 Å². The molecule has 0 aliphatic heterocycles. The van der Waals surface area contributed by atoms with Crippen LogP contribution in [-0.2, 0) is 11.2 Å². The van der Waals surface area contributed by atoms with E-state index in [9.17, 15) is 14.9 Å². The van der Waals surface area contributed by atoms with Gasteiger partial charge in [0.15, 0.2) is 5.75 Å². The van der Waals surface area contributed by atoms with Gasteiger partial charge in [-0.1, -0.05) is 30.3 Å². The molecule has 1 atom stereocenters. The van der Waals surface area contributed by atoms with E-state index in [0.717, 1.165) is 10.6 Å². The first kappa shape index (κ1) is 15.5. The van der Waals surface area contributed by atoms with Gasteiger partial charge < -0.3 is 4.84 Å². The molecule has 0 fully saturated rings. The predicted molar refractivity (Wildman–Crippen MR) is 80.9 cm³/mol. The Bertz CT molecular complexity index is 628. The lowest BCUT2D eigenvalue weighted by molar-refractivity contribution is -0.384. The maximum atomic E-state index is 11.2. The number of nitro benzene ring substituents is 1. The average molecular weight is 299 g/mol. The number of nitrogens with zero attached hydrogens (tertiary/aromatic N) is 2. The number of hydroxylamine groups is 2. The zero-order valence-electron chi connectivity index (χ0n) is 11.8. The molecule has 0 N–H and O–H groups in total. The van der Waals surface area contributed by atoms with Gasteiger partial charge in [-0.2, -0.15) is 5.06 Å². The molecule has 2 rings (SSSR count). The zero-order chi connectivity index (χ0) is 15.9. The highest BCUT2D eigenvalue weighted by Crippen LogP contribution is 2.19. The molecule has 22 heavy (non-hydrogen) atoms. The Hall–Kier alpha value is -2.89. The third-order valence-corrected chi connectivity index (χ3v) is 3.04. The highest BCUT2D eigenvalue weighted by molar-refractivity contribution is 5.47. The summed E-state index contributed by atoms with van der Waals surface area (Å²) >= 11 is 0. The average Bonchev–Trinajstić information content (AvgIpc) is 2.53. The molecule has 113 valence electrons. The highest BCUT2D eigenvalue weighted by Gasteiger charge is 2.15. The molecule has 0 unspecified atom stereocenters. The smallest absolute Gasteiger partial charge is 0.269 e. The lowest BCUT2D eigenvalue weighted by Crippen LogP contribution is -2.36. The number of rotatable bonds is 7. The van der Waals surface area contributed by atoms with E-state index in [2.05, 4.69) is 6.92 Å². The topological polar surface area (TPSA) is 72.7 Å². The van der Waals surface area contributed by atoms with E-state index in [4.69, 9.17) is 4.84 Å². The number of amides is 1. The van der Waals surface area contributed by atoms with Crippen LogP contribution in [0.1, 0.15) is 5.56 Å². The Kier molecular flexibility index (Phi) is 5.08. The standard InChI is InChI=1S/C16H15N2O4/c1-13(11-14-5-3-2-4-6-14)17(12-19)22-16-9-7-15(8-10-16)18(20)21/h2-10,12-13H,1,11H2/t13-/m0/s1. The molecule has 6 heteroatoms. The number of non-ortho nitro benzene ring substituents is 1. The number of hydrogen-bond acceptors (Lipinski definition) is 4. The summed E-state index contributed by atoms with van der Waals surface area (Å²) in [6.45, 7) is 3.91. The van der Waals surface area contributed by atoms with Crippen molar-refractivity contribution in [1.29, 1.82) is 0 Å². The summed E-state index contributed by atoms with van der Waals surface area (Å²) in [5.41, 5.74) is 0.988. The van der Waals surface area contributed by atoms with Gasteiger partial charge in [0.25, 0.3) is 5.69 Å². The maximum Gasteiger partial charge on any atom is 0.269 e. The second-order valence-corrected chi connectivity index (χ2v) is 4.65. The first-order chi connectivity index (χ1) is 10.6. The minimum absolute atomic E-state index is 0.0412. The van der Waals surface area contributed by atoms with Gasteiger partial charge in [0.1, 0.15) is 0 Å². The third-order valence-electron chi connectivity index (χ3n) is 3.04. The van der Waals surface area contributed by atoms with Crippen LogP contribution < -0.4 is 4.84 Å². The van der Waals surface area contributed by atoms with Crippen LogP contribution in [0, 0.1) is 17.0 Å². The summed E-state index contributed by atoms with van der Waals surface area (Å²) in [5, 5.41) is 11.7. The van der Waals surface area contributed by atoms with Gasteiger partial charge in [0, 0.05) is 12.1 Å². The van der Waals surface area contributed by atoms with Crippen molar-refractivity contribution in [2.75, 3.05) is 0 Å². The molecule has 6 nitrogen and oxygen atoms in total. The molecular formula is C16H15N2O4. The highest BCUT2D eigenvalue weighted by atomic mass is 16.7. The van der Waals surface area contributed by atoms with Crippen LogP contribution in [0.25, 0.3) is 0 Å². The van der Waals surface area contributed by atoms with E-state index in [1.165, 1.54) is 24.3 Å². The van der Waals surface area contributed by atoms with Crippen LogP contribution in [0.3, 0.4) is 0 Å². The second-order valence-electron chi connectivity index (χ2n) is 4.65. The Morgan fingerprint density at radius 3 is 2.36 bits per heavy atom. The number of carbonyl (C=O) groups is 1. The predicted octanol–water partition coefficient (Wildman–Crippen LogP) is 2.79. The van der Waals surface area contributed by atoms with Crippen LogP contribution in [0.4, 0.5) is 5.69 Å². The largest absolute Gasteiger partial charge is 0.377 e. The van der Waals surface area contributed by atoms with Gasteiger partial charge in [-0.25, -0.2) is 0 Å². The molecule has 0 spiro atoms. The van der Waals surface area contributed by atoms with Crippen molar-refractivity contribution in [3.8, 4) is 5.75 Å². The number of benzene rings is 2. The molecule has 0 saturated carbocycles. The molecule has 2 aromatic rings. The van der Waals surface area contributed by atoms with Crippen LogP contribution in [0.5, 0.6) is 5.75 Å². The fourth-order valence-electron chi connectivity index (χ4n) is 1.91. The summed E-state index contributed by atoms with van der Waals surface area (Å²) in [6, 6.07) is 14.7. The van der Waals surface area contributed by atoms with Crippen molar-refractivity contribution >= 4 is 12.1 Å². The molecule has 0 aliphatic rings. The van der Waals surface area contributed by atoms with Gasteiger partial charge >= 0.3 is 0 Å². The first-order valence-corrected chi connectivity index (χ1v) is 6.63. The van der Waals surface area contributed by atoms with Gasteiger partial charge in [0.2, 0.25) is 6.41 Å². The minimum Gasteiger partial charge on any atom is -0.377 e. The van der Waals surface area contributed by atoms with Crippen molar-refractivity contribution in [2.24, 2.45) is 0 Å². The summed E-state index contributed by atoms with van der Waals surface area (Å²) in [4.78, 5) is 26.7. The summed E-state index contributed by atoms with van der Waals surface area (Å²) in [7, 11) is 0.